The summed E-state index contributed by atoms with van der Waals surface area (Å²) in [6, 6.07) is 15.5. The van der Waals surface area contributed by atoms with E-state index in [2.05, 4.69) is 83.1 Å². The van der Waals surface area contributed by atoms with E-state index in [0.29, 0.717) is 110 Å². The second kappa shape index (κ2) is 24.0. The lowest BCUT2D eigenvalue weighted by atomic mass is 9.69. The smallest absolute Gasteiger partial charge is 0.261 e. The zero-order valence-corrected chi connectivity index (χ0v) is 72.2. The third-order valence-electron chi connectivity index (χ3n) is 25.7. The Morgan fingerprint density at radius 3 is 0.534 bits per heavy atom. The number of imide groups is 6. The predicted molar refractivity (Wildman–Crippen MR) is 458 cm³/mol. The van der Waals surface area contributed by atoms with Crippen LogP contribution < -0.4 is 0 Å². The van der Waals surface area contributed by atoms with E-state index < -0.39 is 34.5 Å². The minimum atomic E-state index is -0.463. The maximum atomic E-state index is 13.7. The molecule has 0 saturated heterocycles. The predicted octanol–water partition coefficient (Wildman–Crippen LogP) is 19.3. The molecule has 12 amide bonds. The molecule has 0 aromatic heterocycles. The van der Waals surface area contributed by atoms with Gasteiger partial charge in [-0.05, 0) is 254 Å². The molecule has 18 nitrogen and oxygen atoms in total. The van der Waals surface area contributed by atoms with Gasteiger partial charge in [0.25, 0.3) is 70.9 Å². The van der Waals surface area contributed by atoms with Crippen LogP contribution in [0.5, 0.6) is 0 Å². The van der Waals surface area contributed by atoms with E-state index >= 15 is 0 Å². The van der Waals surface area contributed by atoms with E-state index in [1.54, 1.807) is 21.1 Å². The first-order chi connectivity index (χ1) is 53.5. The molecule has 0 N–H and O–H groups in total. The third-order valence-corrected chi connectivity index (χ3v) is 25.7. The number of carbonyl (C=O) groups excluding carboxylic acids is 12. The Bertz CT molecular complexity index is 6540. The SMILES string of the molecule is Cc1c(C(C)(C)C)c2c3c(c(C)c(C(C)(C)C)c4c3c1C(=O)N(C)C4=O)C(=O)N(C)C2=O.Cc1cc2c3c(cc(C(C)(C)C)c4c5c(C)cc6c7c(cc(C(C)(C)C)c(c1c34)c75)C(=O)N(C)C6=O)C(=O)N(C)C2=O.Cc1cc2c3c(cc(C)c4c5c(C(C)(C)C)cc6c7c(cc(C(C)(C)C)c(c1c34)c75)C(=O)N(C)C6=O)C(=O)N(C)C2=O. The van der Waals surface area contributed by atoms with Crippen LogP contribution in [-0.2, 0) is 32.5 Å². The van der Waals surface area contributed by atoms with Gasteiger partial charge in [0, 0.05) is 119 Å². The quantitative estimate of drug-likeness (QED) is 0.0785. The molecule has 6 aliphatic heterocycles. The lowest BCUT2D eigenvalue weighted by Gasteiger charge is -2.39. The van der Waals surface area contributed by atoms with Crippen LogP contribution in [0.3, 0.4) is 0 Å². The Morgan fingerprint density at radius 1 is 0.181 bits per heavy atom. The highest BCUT2D eigenvalue weighted by atomic mass is 16.2. The van der Waals surface area contributed by atoms with Gasteiger partial charge < -0.3 is 0 Å². The van der Waals surface area contributed by atoms with Crippen molar-refractivity contribution in [2.24, 2.45) is 0 Å². The van der Waals surface area contributed by atoms with Gasteiger partial charge in [-0.15, -0.1) is 0 Å². The largest absolute Gasteiger partial charge is 0.277 e. The van der Waals surface area contributed by atoms with Crippen LogP contribution in [0.4, 0.5) is 0 Å². The van der Waals surface area contributed by atoms with Crippen LogP contribution in [-0.4, -0.2) is 143 Å². The van der Waals surface area contributed by atoms with Crippen molar-refractivity contribution in [3.63, 3.8) is 0 Å². The highest BCUT2D eigenvalue weighted by Gasteiger charge is 2.49. The minimum absolute atomic E-state index is 0.303. The molecule has 0 bridgehead atoms. The van der Waals surface area contributed by atoms with Crippen LogP contribution in [0.15, 0.2) is 48.5 Å². The lowest BCUT2D eigenvalue weighted by Crippen LogP contribution is -2.44. The summed E-state index contributed by atoms with van der Waals surface area (Å²) < 4.78 is 0. The molecule has 116 heavy (non-hydrogen) atoms. The number of carbonyl (C=O) groups is 12. The maximum absolute atomic E-state index is 13.7. The summed E-state index contributed by atoms with van der Waals surface area (Å²) in [5.41, 5.74) is 14.1. The molecule has 0 atom stereocenters. The zero-order chi connectivity index (χ0) is 85.3. The van der Waals surface area contributed by atoms with Gasteiger partial charge in [-0.25, -0.2) is 0 Å². The van der Waals surface area contributed by atoms with E-state index in [9.17, 15) is 57.5 Å². The van der Waals surface area contributed by atoms with Crippen LogP contribution in [0.2, 0.25) is 0 Å². The van der Waals surface area contributed by atoms with Gasteiger partial charge in [-0.1, -0.05) is 125 Å². The Morgan fingerprint density at radius 2 is 0.345 bits per heavy atom. The van der Waals surface area contributed by atoms with Gasteiger partial charge >= 0.3 is 0 Å². The third kappa shape index (κ3) is 9.99. The summed E-state index contributed by atoms with van der Waals surface area (Å²) in [5, 5.41) is 15.2. The number of aryl methyl sites for hydroxylation is 4. The summed E-state index contributed by atoms with van der Waals surface area (Å²) in [6.07, 6.45) is 0. The first kappa shape index (κ1) is 78.2. The topological polar surface area (TPSA) is 224 Å². The Kier molecular flexibility index (Phi) is 16.2. The van der Waals surface area contributed by atoms with Gasteiger partial charge in [-0.2, -0.15) is 0 Å². The molecule has 0 aliphatic carbocycles. The number of hydrogen-bond donors (Lipinski definition) is 0. The van der Waals surface area contributed by atoms with Crippen LogP contribution in [0.1, 0.15) is 316 Å². The van der Waals surface area contributed by atoms with Gasteiger partial charge in [0.1, 0.15) is 0 Å². The molecule has 12 aromatic carbocycles. The van der Waals surface area contributed by atoms with E-state index in [1.165, 1.54) is 40.7 Å². The standard InChI is InChI=1S/2C36H34N2O4.C26H30N2O4/c1-15-11-17-25-19(33(41)37(9)31(17)39)14-22(36(6,7)8)28-24-16(2)12-18-26-20(34(42)38(10)32(18)40)13-21(35(3,4)5)27(30(24)26)23(15)29(25)28;1-15-11-17-25-18(32(40)37(9)31(17)39)12-16(2)24-28-22(36(6,7)8)14-20-26-19(33(41)38(10)34(20)42)13-21(35(3,4)5)27(30(26)28)23(15)29(24)25;1-11-13-15-16-14(22(30)28(10)23(31)17(16)19(11)25(3,4)5)12(2)20(26(6,7)8)18(15)24(32)27(9)21(13)29/h2*11-14H,1-10H3;1-10H3. The highest BCUT2D eigenvalue weighted by Crippen LogP contribution is 2.57. The van der Waals surface area contributed by atoms with Crippen molar-refractivity contribution in [3.8, 4) is 0 Å². The minimum Gasteiger partial charge on any atom is -0.277 e. The fraction of sp³-hybridized carbons (Fsp3) is 0.367. The van der Waals surface area contributed by atoms with Gasteiger partial charge in [-0.3, -0.25) is 86.9 Å². The summed E-state index contributed by atoms with van der Waals surface area (Å²) in [4.78, 5) is 170. The number of amides is 12. The van der Waals surface area contributed by atoms with Crippen molar-refractivity contribution in [1.82, 2.24) is 29.4 Å². The first-order valence-electron chi connectivity index (χ1n) is 39.7. The number of hydrogen-bond acceptors (Lipinski definition) is 12. The maximum Gasteiger partial charge on any atom is 0.261 e. The molecule has 18 rings (SSSR count). The van der Waals surface area contributed by atoms with Crippen molar-refractivity contribution < 1.29 is 57.5 Å². The molecule has 18 heteroatoms. The molecule has 0 spiro atoms. The molecule has 0 fully saturated rings. The molecule has 12 aromatic rings. The average Bonchev–Trinajstić information content (AvgIpc) is 0.654. The van der Waals surface area contributed by atoms with Crippen molar-refractivity contribution in [1.29, 1.82) is 0 Å². The number of rotatable bonds is 0. The van der Waals surface area contributed by atoms with E-state index in [-0.39, 0.29) is 68.9 Å². The Labute approximate surface area is 674 Å². The summed E-state index contributed by atoms with van der Waals surface area (Å²) in [5.74, 6) is -4.02. The highest BCUT2D eigenvalue weighted by molar-refractivity contribution is 6.46. The van der Waals surface area contributed by atoms with Crippen LogP contribution >= 0.6 is 0 Å². The molecular formula is C98H98N6O12. The molecular weight excluding hydrogens is 1450 g/mol. The zero-order valence-electron chi connectivity index (χ0n) is 72.2. The fourth-order valence-electron chi connectivity index (χ4n) is 20.6. The fourth-order valence-corrected chi connectivity index (χ4v) is 20.6. The number of fused-ring (bicyclic) bond motifs is 4. The molecule has 0 unspecified atom stereocenters. The number of nitrogens with zero attached hydrogens (tertiary/aromatic N) is 6. The van der Waals surface area contributed by atoms with Gasteiger partial charge in [0.05, 0.1) is 22.3 Å². The van der Waals surface area contributed by atoms with Crippen molar-refractivity contribution >= 4 is 168 Å². The van der Waals surface area contributed by atoms with Crippen LogP contribution in [0, 0.1) is 41.5 Å². The normalized spacial score (nSPS) is 16.1. The summed E-state index contributed by atoms with van der Waals surface area (Å²) >= 11 is 0. The second-order valence-corrected chi connectivity index (χ2v) is 39.6. The lowest BCUT2D eigenvalue weighted by molar-refractivity contribution is 0.0626. The number of benzene rings is 12. The molecule has 0 saturated carbocycles. The summed E-state index contributed by atoms with van der Waals surface area (Å²) in [6.45, 7) is 49.3. The average molecular weight is 1550 g/mol. The molecule has 0 radical (unpaired) electrons. The van der Waals surface area contributed by atoms with Crippen molar-refractivity contribution in [2.45, 2.75) is 199 Å². The van der Waals surface area contributed by atoms with Crippen molar-refractivity contribution in [3.05, 3.63) is 182 Å². The van der Waals surface area contributed by atoms with E-state index in [4.69, 9.17) is 0 Å². The summed E-state index contributed by atoms with van der Waals surface area (Å²) in [7, 11) is 9.17. The Balaban J connectivity index is 0.000000132. The van der Waals surface area contributed by atoms with E-state index in [0.717, 1.165) is 130 Å². The molecule has 592 valence electrons. The monoisotopic (exact) mass is 1550 g/mol. The van der Waals surface area contributed by atoms with Crippen LogP contribution in [0.25, 0.3) is 97.0 Å². The van der Waals surface area contributed by atoms with Gasteiger partial charge in [0.2, 0.25) is 0 Å². The van der Waals surface area contributed by atoms with Crippen molar-refractivity contribution in [2.75, 3.05) is 42.3 Å². The molecule has 6 heterocycles. The first-order valence-corrected chi connectivity index (χ1v) is 39.7. The van der Waals surface area contributed by atoms with E-state index in [1.807, 2.05) is 132 Å². The molecule has 6 aliphatic rings. The van der Waals surface area contributed by atoms with Gasteiger partial charge in [0.15, 0.2) is 0 Å². The second-order valence-electron chi connectivity index (χ2n) is 39.6. The Hall–Kier alpha value is -11.7.